The second kappa shape index (κ2) is 7.84. The van der Waals surface area contributed by atoms with Crippen LogP contribution in [-0.2, 0) is 0 Å². The highest BCUT2D eigenvalue weighted by Crippen LogP contribution is 2.22. The molecule has 3 aromatic rings. The SMILES string of the molecule is COc1cccc(C(O)CN(C)C(=O)c2cc(-c3ccccc3)on2)c1. The first-order chi connectivity index (χ1) is 12.6. The zero-order chi connectivity index (χ0) is 18.5. The number of carbonyl (C=O) groups is 1. The van der Waals surface area contributed by atoms with Gasteiger partial charge >= 0.3 is 0 Å². The molecule has 0 aliphatic heterocycles. The zero-order valence-corrected chi connectivity index (χ0v) is 14.6. The van der Waals surface area contributed by atoms with E-state index < -0.39 is 6.10 Å². The Hall–Kier alpha value is -3.12. The first kappa shape index (κ1) is 17.7. The molecule has 1 unspecified atom stereocenters. The van der Waals surface area contributed by atoms with Crippen molar-refractivity contribution < 1.29 is 19.2 Å². The molecule has 2 aromatic carbocycles. The first-order valence-corrected chi connectivity index (χ1v) is 8.18. The number of nitrogens with zero attached hydrogens (tertiary/aromatic N) is 2. The second-order valence-electron chi connectivity index (χ2n) is 5.92. The van der Waals surface area contributed by atoms with Gasteiger partial charge in [-0.1, -0.05) is 47.6 Å². The van der Waals surface area contributed by atoms with Gasteiger partial charge in [0.1, 0.15) is 5.75 Å². The Morgan fingerprint density at radius 3 is 2.69 bits per heavy atom. The number of hydrogen-bond donors (Lipinski definition) is 1. The smallest absolute Gasteiger partial charge is 0.275 e. The molecule has 1 atom stereocenters. The summed E-state index contributed by atoms with van der Waals surface area (Å²) < 4.78 is 10.4. The van der Waals surface area contributed by atoms with Crippen LogP contribution in [0.2, 0.25) is 0 Å². The van der Waals surface area contributed by atoms with E-state index in [0.29, 0.717) is 17.1 Å². The molecule has 6 nitrogen and oxygen atoms in total. The van der Waals surface area contributed by atoms with Crippen LogP contribution in [-0.4, -0.2) is 41.8 Å². The molecule has 1 N–H and O–H groups in total. The maximum atomic E-state index is 12.5. The number of aromatic nitrogens is 1. The summed E-state index contributed by atoms with van der Waals surface area (Å²) in [4.78, 5) is 14.0. The highest BCUT2D eigenvalue weighted by molar-refractivity contribution is 5.93. The molecule has 0 aliphatic carbocycles. The van der Waals surface area contributed by atoms with E-state index in [1.165, 1.54) is 4.90 Å². The summed E-state index contributed by atoms with van der Waals surface area (Å²) in [5.41, 5.74) is 1.72. The van der Waals surface area contributed by atoms with E-state index in [0.717, 1.165) is 5.56 Å². The van der Waals surface area contributed by atoms with Crippen molar-refractivity contribution >= 4 is 5.91 Å². The van der Waals surface area contributed by atoms with Gasteiger partial charge in [-0.2, -0.15) is 0 Å². The number of benzene rings is 2. The second-order valence-corrected chi connectivity index (χ2v) is 5.92. The maximum Gasteiger partial charge on any atom is 0.275 e. The summed E-state index contributed by atoms with van der Waals surface area (Å²) >= 11 is 0. The van der Waals surface area contributed by atoms with Crippen molar-refractivity contribution in [3.8, 4) is 17.1 Å². The van der Waals surface area contributed by atoms with Crippen molar-refractivity contribution in [1.29, 1.82) is 0 Å². The molecule has 0 aliphatic rings. The van der Waals surface area contributed by atoms with Crippen molar-refractivity contribution in [2.45, 2.75) is 6.10 Å². The Balaban J connectivity index is 1.69. The lowest BCUT2D eigenvalue weighted by atomic mass is 10.1. The van der Waals surface area contributed by atoms with E-state index in [1.54, 1.807) is 44.5 Å². The number of carbonyl (C=O) groups excluding carboxylic acids is 1. The van der Waals surface area contributed by atoms with Crippen LogP contribution >= 0.6 is 0 Å². The van der Waals surface area contributed by atoms with Crippen LogP contribution in [0.5, 0.6) is 5.75 Å². The Morgan fingerprint density at radius 1 is 1.19 bits per heavy atom. The van der Waals surface area contributed by atoms with Crippen molar-refractivity contribution in [3.05, 3.63) is 71.9 Å². The molecule has 0 radical (unpaired) electrons. The predicted molar refractivity (Wildman–Crippen MR) is 96.9 cm³/mol. The van der Waals surface area contributed by atoms with Gasteiger partial charge in [0.2, 0.25) is 0 Å². The summed E-state index contributed by atoms with van der Waals surface area (Å²) in [7, 11) is 3.18. The van der Waals surface area contributed by atoms with E-state index in [1.807, 2.05) is 30.3 Å². The number of rotatable bonds is 6. The lowest BCUT2D eigenvalue weighted by molar-refractivity contribution is 0.0671. The van der Waals surface area contributed by atoms with Gasteiger partial charge in [-0.15, -0.1) is 0 Å². The Labute approximate surface area is 151 Å². The lowest BCUT2D eigenvalue weighted by Gasteiger charge is -2.20. The van der Waals surface area contributed by atoms with Crippen molar-refractivity contribution in [2.24, 2.45) is 0 Å². The minimum atomic E-state index is -0.834. The highest BCUT2D eigenvalue weighted by Gasteiger charge is 2.20. The van der Waals surface area contributed by atoms with Gasteiger partial charge in [0, 0.05) is 18.7 Å². The molecule has 3 rings (SSSR count). The number of likely N-dealkylation sites (N-methyl/N-ethyl adjacent to an activating group) is 1. The molecule has 0 saturated carbocycles. The van der Waals surface area contributed by atoms with Crippen LogP contribution in [0, 0.1) is 0 Å². The minimum Gasteiger partial charge on any atom is -0.497 e. The van der Waals surface area contributed by atoms with Crippen molar-refractivity contribution in [3.63, 3.8) is 0 Å². The fraction of sp³-hybridized carbons (Fsp3) is 0.200. The number of aliphatic hydroxyl groups is 1. The van der Waals surface area contributed by atoms with E-state index in [-0.39, 0.29) is 18.1 Å². The van der Waals surface area contributed by atoms with Crippen LogP contribution in [0.1, 0.15) is 22.2 Å². The fourth-order valence-electron chi connectivity index (χ4n) is 2.61. The molecule has 6 heteroatoms. The first-order valence-electron chi connectivity index (χ1n) is 8.18. The molecule has 26 heavy (non-hydrogen) atoms. The number of methoxy groups -OCH3 is 1. The molecule has 0 bridgehead atoms. The molecule has 0 saturated heterocycles. The molecular weight excluding hydrogens is 332 g/mol. The Kier molecular flexibility index (Phi) is 5.34. The Bertz CT molecular complexity index is 876. The Morgan fingerprint density at radius 2 is 1.96 bits per heavy atom. The van der Waals surface area contributed by atoms with E-state index in [4.69, 9.17) is 9.26 Å². The van der Waals surface area contributed by atoms with Crippen molar-refractivity contribution in [2.75, 3.05) is 20.7 Å². The summed E-state index contributed by atoms with van der Waals surface area (Å²) in [6, 6.07) is 18.2. The third kappa shape index (κ3) is 3.92. The fourth-order valence-corrected chi connectivity index (χ4v) is 2.61. The topological polar surface area (TPSA) is 75.8 Å². The van der Waals surface area contributed by atoms with Gasteiger partial charge in [0.05, 0.1) is 19.8 Å². The van der Waals surface area contributed by atoms with Gasteiger partial charge in [0.15, 0.2) is 11.5 Å². The van der Waals surface area contributed by atoms with E-state index in [2.05, 4.69) is 5.16 Å². The van der Waals surface area contributed by atoms with Gasteiger partial charge in [-0.25, -0.2) is 0 Å². The van der Waals surface area contributed by atoms with E-state index >= 15 is 0 Å². The summed E-state index contributed by atoms with van der Waals surface area (Å²) in [5.74, 6) is 0.855. The molecule has 1 aromatic heterocycles. The summed E-state index contributed by atoms with van der Waals surface area (Å²) in [5, 5.41) is 14.2. The summed E-state index contributed by atoms with van der Waals surface area (Å²) in [6.07, 6.45) is -0.834. The monoisotopic (exact) mass is 352 g/mol. The van der Waals surface area contributed by atoms with Gasteiger partial charge < -0.3 is 19.3 Å². The largest absolute Gasteiger partial charge is 0.497 e. The zero-order valence-electron chi connectivity index (χ0n) is 14.6. The molecule has 134 valence electrons. The molecular formula is C20H20N2O4. The minimum absolute atomic E-state index is 0.125. The maximum absolute atomic E-state index is 12.5. The highest BCUT2D eigenvalue weighted by atomic mass is 16.5. The van der Waals surface area contributed by atoms with E-state index in [9.17, 15) is 9.90 Å². The average Bonchev–Trinajstić information content (AvgIpc) is 3.18. The predicted octanol–water partition coefficient (Wildman–Crippen LogP) is 3.16. The summed E-state index contributed by atoms with van der Waals surface area (Å²) in [6.45, 7) is 0.125. The normalized spacial score (nSPS) is 11.8. The molecule has 1 heterocycles. The van der Waals surface area contributed by atoms with Crippen LogP contribution in [0.4, 0.5) is 0 Å². The van der Waals surface area contributed by atoms with Crippen LogP contribution in [0.15, 0.2) is 65.2 Å². The lowest BCUT2D eigenvalue weighted by Crippen LogP contribution is -2.31. The third-order valence-corrected chi connectivity index (χ3v) is 4.06. The number of amides is 1. The number of hydrogen-bond acceptors (Lipinski definition) is 5. The molecule has 0 fully saturated rings. The number of ether oxygens (including phenoxy) is 1. The average molecular weight is 352 g/mol. The standard InChI is InChI=1S/C20H20N2O4/c1-22(13-18(23)15-9-6-10-16(11-15)25-2)20(24)17-12-19(26-21-17)14-7-4-3-5-8-14/h3-12,18,23H,13H2,1-2H3. The molecule has 1 amide bonds. The van der Waals surface area contributed by atoms with Crippen molar-refractivity contribution in [1.82, 2.24) is 10.1 Å². The molecule has 0 spiro atoms. The quantitative estimate of drug-likeness (QED) is 0.737. The van der Waals surface area contributed by atoms with Crippen LogP contribution < -0.4 is 4.74 Å². The van der Waals surface area contributed by atoms with Crippen LogP contribution in [0.3, 0.4) is 0 Å². The number of aliphatic hydroxyl groups excluding tert-OH is 1. The third-order valence-electron chi connectivity index (χ3n) is 4.06. The van der Waals surface area contributed by atoms with Gasteiger partial charge in [-0.3, -0.25) is 4.79 Å². The van der Waals surface area contributed by atoms with Gasteiger partial charge in [-0.05, 0) is 17.7 Å². The van der Waals surface area contributed by atoms with Gasteiger partial charge in [0.25, 0.3) is 5.91 Å². The van der Waals surface area contributed by atoms with Crippen LogP contribution in [0.25, 0.3) is 11.3 Å².